The Balaban J connectivity index is 1.71. The van der Waals surface area contributed by atoms with E-state index in [4.69, 9.17) is 4.98 Å². The first kappa shape index (κ1) is 16.2. The Kier molecular flexibility index (Phi) is 4.49. The number of amides is 1. The van der Waals surface area contributed by atoms with Crippen LogP contribution in [0.4, 0.5) is 5.13 Å². The van der Waals surface area contributed by atoms with Crippen LogP contribution in [0.5, 0.6) is 0 Å². The second-order valence-corrected chi connectivity index (χ2v) is 7.74. The Morgan fingerprint density at radius 1 is 1.28 bits per heavy atom. The molecule has 5 heteroatoms. The summed E-state index contributed by atoms with van der Waals surface area (Å²) in [6.07, 6.45) is 7.87. The fourth-order valence-corrected chi connectivity index (χ4v) is 4.51. The van der Waals surface area contributed by atoms with E-state index < -0.39 is 0 Å². The highest BCUT2D eigenvalue weighted by atomic mass is 32.1. The Morgan fingerprint density at radius 3 is 2.88 bits per heavy atom. The predicted octanol–water partition coefficient (Wildman–Crippen LogP) is 4.72. The molecule has 1 amide bonds. The molecule has 0 saturated heterocycles. The smallest absolute Gasteiger partial charge is 0.232 e. The molecule has 3 aromatic rings. The van der Waals surface area contributed by atoms with Gasteiger partial charge in [0.1, 0.15) is 0 Å². The van der Waals surface area contributed by atoms with Gasteiger partial charge in [-0.15, -0.1) is 0 Å². The van der Waals surface area contributed by atoms with Crippen molar-refractivity contribution in [1.29, 1.82) is 0 Å². The average molecular weight is 351 g/mol. The van der Waals surface area contributed by atoms with Gasteiger partial charge in [-0.05, 0) is 49.1 Å². The number of benzene rings is 1. The molecule has 1 saturated carbocycles. The summed E-state index contributed by atoms with van der Waals surface area (Å²) in [7, 11) is 0. The number of nitrogens with zero attached hydrogens (tertiary/aromatic N) is 3. The minimum Gasteiger partial charge on any atom is -0.283 e. The third kappa shape index (κ3) is 3.42. The summed E-state index contributed by atoms with van der Waals surface area (Å²) in [6, 6.07) is 10.2. The van der Waals surface area contributed by atoms with Crippen LogP contribution in [0.25, 0.3) is 10.2 Å². The third-order valence-corrected chi connectivity index (χ3v) is 5.84. The maximum Gasteiger partial charge on any atom is 0.232 e. The molecule has 0 unspecified atom stereocenters. The first-order valence-corrected chi connectivity index (χ1v) is 9.60. The number of aryl methyl sites for hydroxylation is 1. The van der Waals surface area contributed by atoms with E-state index >= 15 is 0 Å². The molecule has 1 aliphatic carbocycles. The normalized spacial score (nSPS) is 14.9. The number of rotatable bonds is 4. The van der Waals surface area contributed by atoms with Gasteiger partial charge < -0.3 is 0 Å². The van der Waals surface area contributed by atoms with E-state index in [9.17, 15) is 4.79 Å². The zero-order chi connectivity index (χ0) is 17.2. The van der Waals surface area contributed by atoms with Gasteiger partial charge in [-0.2, -0.15) is 0 Å². The van der Waals surface area contributed by atoms with Crippen LogP contribution < -0.4 is 4.90 Å². The van der Waals surface area contributed by atoms with E-state index in [0.717, 1.165) is 46.6 Å². The second kappa shape index (κ2) is 6.92. The molecular weight excluding hydrogens is 330 g/mol. The minimum absolute atomic E-state index is 0.130. The summed E-state index contributed by atoms with van der Waals surface area (Å²) >= 11 is 1.60. The molecule has 0 atom stereocenters. The van der Waals surface area contributed by atoms with Gasteiger partial charge in [-0.25, -0.2) is 4.98 Å². The highest BCUT2D eigenvalue weighted by molar-refractivity contribution is 7.22. The summed E-state index contributed by atoms with van der Waals surface area (Å²) in [5.41, 5.74) is 3.20. The van der Waals surface area contributed by atoms with Crippen molar-refractivity contribution in [3.8, 4) is 0 Å². The standard InChI is InChI=1S/C20H21N3OS/c1-14-8-9-17-18(11-14)25-20(22-17)23(13-15-5-4-10-21-12-15)19(24)16-6-2-3-7-16/h4-5,8-12,16H,2-3,6-7,13H2,1H3. The number of aromatic nitrogens is 2. The van der Waals surface area contributed by atoms with Gasteiger partial charge in [0, 0.05) is 18.3 Å². The Bertz CT molecular complexity index is 884. The van der Waals surface area contributed by atoms with Crippen LogP contribution in [0.1, 0.15) is 36.8 Å². The topological polar surface area (TPSA) is 46.1 Å². The molecule has 4 nitrogen and oxygen atoms in total. The number of carbonyl (C=O) groups is 1. The maximum absolute atomic E-state index is 13.2. The molecule has 0 N–H and O–H groups in total. The summed E-state index contributed by atoms with van der Waals surface area (Å²) in [5, 5.41) is 0.793. The zero-order valence-electron chi connectivity index (χ0n) is 14.3. The van der Waals surface area contributed by atoms with Gasteiger partial charge in [0.05, 0.1) is 16.8 Å². The highest BCUT2D eigenvalue weighted by Gasteiger charge is 2.29. The van der Waals surface area contributed by atoms with Crippen LogP contribution in [0.15, 0.2) is 42.7 Å². The molecule has 4 rings (SSSR count). The van der Waals surface area contributed by atoms with Crippen molar-refractivity contribution in [3.63, 3.8) is 0 Å². The van der Waals surface area contributed by atoms with Crippen LogP contribution >= 0.6 is 11.3 Å². The van der Waals surface area contributed by atoms with Gasteiger partial charge in [0.2, 0.25) is 5.91 Å². The molecule has 2 aromatic heterocycles. The van der Waals surface area contributed by atoms with Crippen molar-refractivity contribution < 1.29 is 4.79 Å². The monoisotopic (exact) mass is 351 g/mol. The van der Waals surface area contributed by atoms with Crippen molar-refractivity contribution in [2.24, 2.45) is 5.92 Å². The van der Waals surface area contributed by atoms with E-state index in [1.807, 2.05) is 29.3 Å². The van der Waals surface area contributed by atoms with Crippen molar-refractivity contribution in [1.82, 2.24) is 9.97 Å². The molecule has 2 heterocycles. The quantitative estimate of drug-likeness (QED) is 0.683. The van der Waals surface area contributed by atoms with E-state index in [-0.39, 0.29) is 11.8 Å². The first-order valence-electron chi connectivity index (χ1n) is 8.78. The summed E-state index contributed by atoms with van der Waals surface area (Å²) in [4.78, 5) is 24.0. The van der Waals surface area contributed by atoms with Crippen molar-refractivity contribution in [3.05, 3.63) is 53.9 Å². The number of hydrogen-bond donors (Lipinski definition) is 0. The lowest BCUT2D eigenvalue weighted by Crippen LogP contribution is -2.34. The predicted molar refractivity (Wildman–Crippen MR) is 102 cm³/mol. The summed E-state index contributed by atoms with van der Waals surface area (Å²) in [5.74, 6) is 0.336. The molecular formula is C20H21N3OS. The molecule has 1 fully saturated rings. The van der Waals surface area contributed by atoms with Crippen LogP contribution in [-0.2, 0) is 11.3 Å². The zero-order valence-corrected chi connectivity index (χ0v) is 15.1. The number of anilines is 1. The fraction of sp³-hybridized carbons (Fsp3) is 0.350. The summed E-state index contributed by atoms with van der Waals surface area (Å²) in [6.45, 7) is 2.61. The number of hydrogen-bond acceptors (Lipinski definition) is 4. The number of carbonyl (C=O) groups excluding carboxylic acids is 1. The van der Waals surface area contributed by atoms with Crippen molar-refractivity contribution in [2.45, 2.75) is 39.2 Å². The molecule has 25 heavy (non-hydrogen) atoms. The van der Waals surface area contributed by atoms with Gasteiger partial charge in [-0.3, -0.25) is 14.7 Å². The van der Waals surface area contributed by atoms with E-state index in [1.165, 1.54) is 5.56 Å². The van der Waals surface area contributed by atoms with Crippen LogP contribution in [-0.4, -0.2) is 15.9 Å². The molecule has 0 spiro atoms. The van der Waals surface area contributed by atoms with E-state index in [0.29, 0.717) is 6.54 Å². The maximum atomic E-state index is 13.2. The molecule has 1 aliphatic rings. The van der Waals surface area contributed by atoms with Gasteiger partial charge in [0.15, 0.2) is 5.13 Å². The largest absolute Gasteiger partial charge is 0.283 e. The lowest BCUT2D eigenvalue weighted by Gasteiger charge is -2.23. The lowest BCUT2D eigenvalue weighted by atomic mass is 10.1. The number of fused-ring (bicyclic) bond motifs is 1. The van der Waals surface area contributed by atoms with E-state index in [2.05, 4.69) is 24.0 Å². The molecule has 0 radical (unpaired) electrons. The fourth-order valence-electron chi connectivity index (χ4n) is 3.44. The van der Waals surface area contributed by atoms with Gasteiger partial charge in [-0.1, -0.05) is 36.3 Å². The van der Waals surface area contributed by atoms with Gasteiger partial charge in [0.25, 0.3) is 0 Å². The van der Waals surface area contributed by atoms with Crippen LogP contribution in [0, 0.1) is 12.8 Å². The molecule has 0 aliphatic heterocycles. The van der Waals surface area contributed by atoms with Crippen molar-refractivity contribution >= 4 is 32.6 Å². The molecule has 1 aromatic carbocycles. The van der Waals surface area contributed by atoms with Gasteiger partial charge >= 0.3 is 0 Å². The molecule has 0 bridgehead atoms. The highest BCUT2D eigenvalue weighted by Crippen LogP contribution is 2.34. The molecule has 128 valence electrons. The Morgan fingerprint density at radius 2 is 2.12 bits per heavy atom. The third-order valence-electron chi connectivity index (χ3n) is 4.80. The van der Waals surface area contributed by atoms with Crippen LogP contribution in [0.3, 0.4) is 0 Å². The lowest BCUT2D eigenvalue weighted by molar-refractivity contribution is -0.122. The Hall–Kier alpha value is -2.27. The average Bonchev–Trinajstić information content (AvgIpc) is 3.29. The van der Waals surface area contributed by atoms with Crippen LogP contribution in [0.2, 0.25) is 0 Å². The number of pyridine rings is 1. The SMILES string of the molecule is Cc1ccc2nc(N(Cc3cccnc3)C(=O)C3CCCC3)sc2c1. The minimum atomic E-state index is 0.130. The van der Waals surface area contributed by atoms with Crippen molar-refractivity contribution in [2.75, 3.05) is 4.90 Å². The summed E-state index contributed by atoms with van der Waals surface area (Å²) < 4.78 is 1.13. The Labute approximate surface area is 151 Å². The number of thiazole rings is 1. The first-order chi connectivity index (χ1) is 12.2. The second-order valence-electron chi connectivity index (χ2n) is 6.73. The van der Waals surface area contributed by atoms with E-state index in [1.54, 1.807) is 17.5 Å².